The van der Waals surface area contributed by atoms with Gasteiger partial charge < -0.3 is 30.2 Å². The number of hydrogen-bond donors (Lipinski definition) is 2. The second kappa shape index (κ2) is 7.29. The first kappa shape index (κ1) is 19.1. The predicted molar refractivity (Wildman–Crippen MR) is 108 cm³/mol. The van der Waals surface area contributed by atoms with Crippen molar-refractivity contribution in [3.05, 3.63) is 12.1 Å². The maximum atomic E-state index is 12.3. The molecule has 9 heteroatoms. The monoisotopic (exact) mass is 406 g/mol. The lowest BCUT2D eigenvalue weighted by Gasteiger charge is -2.37. The number of benzene rings is 1. The van der Waals surface area contributed by atoms with Gasteiger partial charge in [-0.3, -0.25) is 0 Å². The van der Waals surface area contributed by atoms with Crippen LogP contribution in [0.3, 0.4) is 0 Å². The standard InChI is InChI=1S/C19H26N4O4S/c1-19(2,3)27-18(24)23-7-6-12(11(20)10-23)21-17-22-15-14(28-17)5-4-13-16(15)26-9-8-25-13/h4-5,11-12H,6-10,20H2,1-3H3,(H,21,22)/t11-,12+/m0/s1. The highest BCUT2D eigenvalue weighted by Gasteiger charge is 2.32. The van der Waals surface area contributed by atoms with Crippen molar-refractivity contribution in [3.8, 4) is 11.5 Å². The predicted octanol–water partition coefficient (Wildman–Crippen LogP) is 2.82. The van der Waals surface area contributed by atoms with Crippen LogP contribution < -0.4 is 20.5 Å². The Bertz CT molecular complexity index is 879. The van der Waals surface area contributed by atoms with Gasteiger partial charge in [-0.2, -0.15) is 0 Å². The van der Waals surface area contributed by atoms with Crippen LogP contribution in [0.2, 0.25) is 0 Å². The number of nitrogens with two attached hydrogens (primary N) is 1. The number of nitrogens with one attached hydrogen (secondary N) is 1. The van der Waals surface area contributed by atoms with Gasteiger partial charge in [0.15, 0.2) is 16.6 Å². The summed E-state index contributed by atoms with van der Waals surface area (Å²) in [6.07, 6.45) is 0.416. The zero-order chi connectivity index (χ0) is 19.9. The highest BCUT2D eigenvalue weighted by molar-refractivity contribution is 7.22. The minimum absolute atomic E-state index is 0.0345. The van der Waals surface area contributed by atoms with Crippen molar-refractivity contribution in [1.82, 2.24) is 9.88 Å². The molecular formula is C19H26N4O4S. The van der Waals surface area contributed by atoms with Gasteiger partial charge in [0.1, 0.15) is 24.3 Å². The number of fused-ring (bicyclic) bond motifs is 3. The summed E-state index contributed by atoms with van der Waals surface area (Å²) in [5.41, 5.74) is 6.64. The first-order valence-electron chi connectivity index (χ1n) is 9.49. The molecule has 1 amide bonds. The van der Waals surface area contributed by atoms with Crippen LogP contribution in [0.5, 0.6) is 11.5 Å². The number of thiazole rings is 1. The molecule has 2 aromatic rings. The number of likely N-dealkylation sites (tertiary alicyclic amines) is 1. The largest absolute Gasteiger partial charge is 0.486 e. The van der Waals surface area contributed by atoms with Crippen LogP contribution in [0.1, 0.15) is 27.2 Å². The van der Waals surface area contributed by atoms with Gasteiger partial charge in [-0.05, 0) is 39.3 Å². The molecular weight excluding hydrogens is 380 g/mol. The van der Waals surface area contributed by atoms with E-state index in [0.29, 0.717) is 32.1 Å². The topological polar surface area (TPSA) is 98.9 Å². The zero-order valence-electron chi connectivity index (χ0n) is 16.4. The fourth-order valence-corrected chi connectivity index (χ4v) is 4.30. The van der Waals surface area contributed by atoms with Gasteiger partial charge in [-0.15, -0.1) is 0 Å². The Balaban J connectivity index is 1.43. The molecule has 1 aromatic heterocycles. The van der Waals surface area contributed by atoms with Gasteiger partial charge >= 0.3 is 6.09 Å². The molecule has 0 bridgehead atoms. The minimum Gasteiger partial charge on any atom is -0.486 e. The van der Waals surface area contributed by atoms with Gasteiger partial charge in [0.2, 0.25) is 0 Å². The highest BCUT2D eigenvalue weighted by Crippen LogP contribution is 2.40. The molecule has 3 N–H and O–H groups in total. The first-order chi connectivity index (χ1) is 13.3. The zero-order valence-corrected chi connectivity index (χ0v) is 17.2. The average molecular weight is 407 g/mol. The van der Waals surface area contributed by atoms with Crippen LogP contribution in [0.4, 0.5) is 9.93 Å². The first-order valence-corrected chi connectivity index (χ1v) is 10.3. The molecule has 2 aliphatic rings. The van der Waals surface area contributed by atoms with E-state index in [9.17, 15) is 4.79 Å². The van der Waals surface area contributed by atoms with Crippen molar-refractivity contribution in [3.63, 3.8) is 0 Å². The molecule has 0 unspecified atom stereocenters. The molecule has 0 radical (unpaired) electrons. The van der Waals surface area contributed by atoms with E-state index in [0.717, 1.165) is 27.5 Å². The van der Waals surface area contributed by atoms with Crippen molar-refractivity contribution in [1.29, 1.82) is 0 Å². The van der Waals surface area contributed by atoms with Gasteiger partial charge in [0, 0.05) is 25.2 Å². The lowest BCUT2D eigenvalue weighted by Crippen LogP contribution is -2.56. The lowest BCUT2D eigenvalue weighted by atomic mass is 10.0. The van der Waals surface area contributed by atoms with E-state index in [2.05, 4.69) is 5.32 Å². The Kier molecular flexibility index (Phi) is 4.96. The quantitative estimate of drug-likeness (QED) is 0.791. The van der Waals surface area contributed by atoms with Crippen molar-refractivity contribution in [2.24, 2.45) is 5.73 Å². The molecule has 2 atom stereocenters. The van der Waals surface area contributed by atoms with Crippen molar-refractivity contribution in [2.75, 3.05) is 31.6 Å². The lowest BCUT2D eigenvalue weighted by molar-refractivity contribution is 0.0193. The maximum Gasteiger partial charge on any atom is 0.410 e. The SMILES string of the molecule is CC(C)(C)OC(=O)N1CC[C@@H](Nc2nc3c4c(ccc3s2)OCCO4)[C@@H](N)C1. The van der Waals surface area contributed by atoms with Gasteiger partial charge in [-0.25, -0.2) is 9.78 Å². The van der Waals surface area contributed by atoms with E-state index in [-0.39, 0.29) is 18.2 Å². The normalized spacial score (nSPS) is 22.2. The van der Waals surface area contributed by atoms with Crippen LogP contribution in [0, 0.1) is 0 Å². The molecule has 0 aliphatic carbocycles. The molecule has 152 valence electrons. The molecule has 1 fully saturated rings. The second-order valence-corrected chi connectivity index (χ2v) is 9.12. The van der Waals surface area contributed by atoms with E-state index >= 15 is 0 Å². The number of piperidine rings is 1. The van der Waals surface area contributed by atoms with Crippen molar-refractivity contribution >= 4 is 32.8 Å². The molecule has 2 aliphatic heterocycles. The van der Waals surface area contributed by atoms with E-state index in [1.54, 1.807) is 16.2 Å². The molecule has 3 heterocycles. The molecule has 0 saturated carbocycles. The molecule has 4 rings (SSSR count). The number of nitrogens with zero attached hydrogens (tertiary/aromatic N) is 2. The Morgan fingerprint density at radius 2 is 2.14 bits per heavy atom. The summed E-state index contributed by atoms with van der Waals surface area (Å²) in [5, 5.41) is 4.24. The highest BCUT2D eigenvalue weighted by atomic mass is 32.1. The number of carbonyl (C=O) groups excluding carboxylic acids is 1. The Hall–Kier alpha value is -2.26. The average Bonchev–Trinajstić information content (AvgIpc) is 3.05. The molecule has 8 nitrogen and oxygen atoms in total. The number of anilines is 1. The van der Waals surface area contributed by atoms with E-state index in [4.69, 9.17) is 24.9 Å². The summed E-state index contributed by atoms with van der Waals surface area (Å²) in [4.78, 5) is 18.6. The fourth-order valence-electron chi connectivity index (χ4n) is 3.37. The summed E-state index contributed by atoms with van der Waals surface area (Å²) in [6, 6.07) is 3.75. The van der Waals surface area contributed by atoms with Gasteiger partial charge in [-0.1, -0.05) is 11.3 Å². The van der Waals surface area contributed by atoms with Gasteiger partial charge in [0.25, 0.3) is 0 Å². The summed E-state index contributed by atoms with van der Waals surface area (Å²) >= 11 is 1.56. The van der Waals surface area contributed by atoms with E-state index in [1.807, 2.05) is 32.9 Å². The van der Waals surface area contributed by atoms with Crippen molar-refractivity contribution in [2.45, 2.75) is 44.9 Å². The third-order valence-electron chi connectivity index (χ3n) is 4.68. The number of aromatic nitrogens is 1. The Morgan fingerprint density at radius 3 is 2.89 bits per heavy atom. The summed E-state index contributed by atoms with van der Waals surface area (Å²) in [6.45, 7) is 7.71. The third kappa shape index (κ3) is 3.95. The number of rotatable bonds is 2. The van der Waals surface area contributed by atoms with Crippen LogP contribution in [0.15, 0.2) is 12.1 Å². The molecule has 0 spiro atoms. The van der Waals surface area contributed by atoms with Crippen molar-refractivity contribution < 1.29 is 19.0 Å². The molecule has 28 heavy (non-hydrogen) atoms. The van der Waals surface area contributed by atoms with Crippen LogP contribution in [0.25, 0.3) is 10.2 Å². The van der Waals surface area contributed by atoms with E-state index < -0.39 is 5.60 Å². The summed E-state index contributed by atoms with van der Waals surface area (Å²) < 4.78 is 17.9. The Labute approximate surface area is 167 Å². The maximum absolute atomic E-state index is 12.3. The molecule has 1 aromatic carbocycles. The minimum atomic E-state index is -0.512. The fraction of sp³-hybridized carbons (Fsp3) is 0.579. The van der Waals surface area contributed by atoms with Crippen LogP contribution in [-0.4, -0.2) is 60.0 Å². The third-order valence-corrected chi connectivity index (χ3v) is 5.64. The van der Waals surface area contributed by atoms with Crippen LogP contribution >= 0.6 is 11.3 Å². The number of amides is 1. The second-order valence-electron chi connectivity index (χ2n) is 8.09. The van der Waals surface area contributed by atoms with E-state index in [1.165, 1.54) is 0 Å². The van der Waals surface area contributed by atoms with Gasteiger partial charge in [0.05, 0.1) is 4.70 Å². The summed E-state index contributed by atoms with van der Waals surface area (Å²) in [5.74, 6) is 1.44. The smallest absolute Gasteiger partial charge is 0.410 e. The Morgan fingerprint density at radius 1 is 1.36 bits per heavy atom. The number of carbonyl (C=O) groups is 1. The number of ether oxygens (including phenoxy) is 3. The molecule has 1 saturated heterocycles. The summed E-state index contributed by atoms with van der Waals surface area (Å²) in [7, 11) is 0. The van der Waals surface area contributed by atoms with Crippen LogP contribution in [-0.2, 0) is 4.74 Å². The number of hydrogen-bond acceptors (Lipinski definition) is 8.